The minimum atomic E-state index is -0.418. The Morgan fingerprint density at radius 1 is 1.21 bits per heavy atom. The number of thioether (sulfide) groups is 1. The fourth-order valence-corrected chi connectivity index (χ4v) is 3.33. The average molecular weight is 406 g/mol. The molecule has 7 heteroatoms. The van der Waals surface area contributed by atoms with Crippen LogP contribution in [0.5, 0.6) is 0 Å². The van der Waals surface area contributed by atoms with Crippen molar-refractivity contribution in [1.82, 2.24) is 0 Å². The molecular weight excluding hydrogens is 390 g/mol. The number of hydrogen-bond acceptors (Lipinski definition) is 4. The number of hydrogen-bond donors (Lipinski definition) is 3. The standard InChI is InChI=1S/C17H16BrN3O2S/c1-10(17(23)20-12-4-2-11(18)3-5-12)19-13-6-7-15-14(8-13)21-16(22)9-24-15/h2-8,10,19H,9H2,1H3,(H,20,23)(H,21,22)/t10-/m0/s1. The molecule has 124 valence electrons. The maximum atomic E-state index is 12.3. The summed E-state index contributed by atoms with van der Waals surface area (Å²) in [6.45, 7) is 1.79. The van der Waals surface area contributed by atoms with Gasteiger partial charge >= 0.3 is 0 Å². The highest BCUT2D eigenvalue weighted by Gasteiger charge is 2.17. The first-order chi connectivity index (χ1) is 11.5. The summed E-state index contributed by atoms with van der Waals surface area (Å²) in [5.41, 5.74) is 2.31. The highest BCUT2D eigenvalue weighted by molar-refractivity contribution is 9.10. The Kier molecular flexibility index (Phi) is 5.11. The van der Waals surface area contributed by atoms with Crippen LogP contribution < -0.4 is 16.0 Å². The van der Waals surface area contributed by atoms with Crippen LogP contribution in [0.4, 0.5) is 17.1 Å². The second-order valence-corrected chi connectivity index (χ2v) is 7.34. The Morgan fingerprint density at radius 3 is 2.67 bits per heavy atom. The van der Waals surface area contributed by atoms with Crippen molar-refractivity contribution >= 4 is 56.6 Å². The van der Waals surface area contributed by atoms with E-state index in [0.29, 0.717) is 5.75 Å². The number of nitrogens with one attached hydrogen (secondary N) is 3. The highest BCUT2D eigenvalue weighted by atomic mass is 79.9. The minimum Gasteiger partial charge on any atom is -0.374 e. The summed E-state index contributed by atoms with van der Waals surface area (Å²) in [6.07, 6.45) is 0. The van der Waals surface area contributed by atoms with Crippen molar-refractivity contribution in [3.63, 3.8) is 0 Å². The normalized spacial score (nSPS) is 14.3. The molecule has 2 aromatic carbocycles. The summed E-state index contributed by atoms with van der Waals surface area (Å²) in [4.78, 5) is 24.8. The fourth-order valence-electron chi connectivity index (χ4n) is 2.27. The van der Waals surface area contributed by atoms with Gasteiger partial charge < -0.3 is 16.0 Å². The lowest BCUT2D eigenvalue weighted by Gasteiger charge is -2.19. The second-order valence-electron chi connectivity index (χ2n) is 5.41. The van der Waals surface area contributed by atoms with Crippen LogP contribution in [0.25, 0.3) is 0 Å². The van der Waals surface area contributed by atoms with Crippen LogP contribution in [0.15, 0.2) is 51.8 Å². The molecule has 1 heterocycles. The van der Waals surface area contributed by atoms with Gasteiger partial charge in [0.2, 0.25) is 11.8 Å². The van der Waals surface area contributed by atoms with Gasteiger partial charge in [-0.1, -0.05) is 15.9 Å². The lowest BCUT2D eigenvalue weighted by molar-refractivity contribution is -0.116. The maximum absolute atomic E-state index is 12.3. The summed E-state index contributed by atoms with van der Waals surface area (Å²) < 4.78 is 0.959. The van der Waals surface area contributed by atoms with Crippen LogP contribution in [0, 0.1) is 0 Å². The van der Waals surface area contributed by atoms with E-state index >= 15 is 0 Å². The number of carbonyl (C=O) groups excluding carboxylic acids is 2. The zero-order valence-corrected chi connectivity index (χ0v) is 15.3. The highest BCUT2D eigenvalue weighted by Crippen LogP contribution is 2.33. The molecule has 3 N–H and O–H groups in total. The molecule has 0 radical (unpaired) electrons. The van der Waals surface area contributed by atoms with E-state index in [2.05, 4.69) is 31.9 Å². The molecule has 0 fully saturated rings. The van der Waals surface area contributed by atoms with Crippen LogP contribution in [-0.2, 0) is 9.59 Å². The first-order valence-electron chi connectivity index (χ1n) is 7.41. The molecule has 0 saturated heterocycles. The van der Waals surface area contributed by atoms with E-state index in [-0.39, 0.29) is 11.8 Å². The van der Waals surface area contributed by atoms with Gasteiger partial charge in [0.05, 0.1) is 11.4 Å². The van der Waals surface area contributed by atoms with E-state index in [1.807, 2.05) is 42.5 Å². The topological polar surface area (TPSA) is 70.2 Å². The molecule has 1 aliphatic rings. The van der Waals surface area contributed by atoms with E-state index in [4.69, 9.17) is 0 Å². The van der Waals surface area contributed by atoms with Gasteiger partial charge in [0, 0.05) is 20.7 Å². The quantitative estimate of drug-likeness (QED) is 0.720. The second kappa shape index (κ2) is 7.27. The minimum absolute atomic E-state index is 0.00863. The van der Waals surface area contributed by atoms with Gasteiger partial charge in [-0.3, -0.25) is 9.59 Å². The van der Waals surface area contributed by atoms with Gasteiger partial charge in [-0.15, -0.1) is 11.8 Å². The van der Waals surface area contributed by atoms with Crippen molar-refractivity contribution in [3.8, 4) is 0 Å². The molecule has 0 aromatic heterocycles. The van der Waals surface area contributed by atoms with Crippen molar-refractivity contribution < 1.29 is 9.59 Å². The van der Waals surface area contributed by atoms with Crippen molar-refractivity contribution in [3.05, 3.63) is 46.9 Å². The Hall–Kier alpha value is -1.99. The number of fused-ring (bicyclic) bond motifs is 1. The Balaban J connectivity index is 1.64. The smallest absolute Gasteiger partial charge is 0.246 e. The summed E-state index contributed by atoms with van der Waals surface area (Å²) >= 11 is 4.87. The summed E-state index contributed by atoms with van der Waals surface area (Å²) in [5.74, 6) is 0.297. The number of rotatable bonds is 4. The van der Waals surface area contributed by atoms with E-state index in [0.717, 1.165) is 26.4 Å². The van der Waals surface area contributed by atoms with Crippen molar-refractivity contribution in [2.24, 2.45) is 0 Å². The molecule has 0 spiro atoms. The third kappa shape index (κ3) is 4.10. The lowest BCUT2D eigenvalue weighted by atomic mass is 10.2. The number of anilines is 3. The van der Waals surface area contributed by atoms with E-state index in [9.17, 15) is 9.59 Å². The average Bonchev–Trinajstić information content (AvgIpc) is 2.56. The lowest BCUT2D eigenvalue weighted by Crippen LogP contribution is -2.32. The Morgan fingerprint density at radius 2 is 1.92 bits per heavy atom. The van der Waals surface area contributed by atoms with Crippen LogP contribution in [0.3, 0.4) is 0 Å². The van der Waals surface area contributed by atoms with E-state index in [1.54, 1.807) is 6.92 Å². The molecule has 1 atom stereocenters. The van der Waals surface area contributed by atoms with Crippen molar-refractivity contribution in [1.29, 1.82) is 0 Å². The molecule has 2 aromatic rings. The number of amides is 2. The van der Waals surface area contributed by atoms with Gasteiger partial charge in [0.1, 0.15) is 6.04 Å². The van der Waals surface area contributed by atoms with Crippen molar-refractivity contribution in [2.45, 2.75) is 17.9 Å². The van der Waals surface area contributed by atoms with Crippen LogP contribution >= 0.6 is 27.7 Å². The molecule has 0 bridgehead atoms. The Bertz CT molecular complexity index is 780. The number of carbonyl (C=O) groups is 2. The van der Waals surface area contributed by atoms with Gasteiger partial charge in [0.25, 0.3) is 0 Å². The largest absolute Gasteiger partial charge is 0.374 e. The monoisotopic (exact) mass is 405 g/mol. The summed E-state index contributed by atoms with van der Waals surface area (Å²) in [5, 5.41) is 8.86. The van der Waals surface area contributed by atoms with E-state index in [1.165, 1.54) is 11.8 Å². The SMILES string of the molecule is C[C@H](Nc1ccc2c(c1)NC(=O)CS2)C(=O)Nc1ccc(Br)cc1. The van der Waals surface area contributed by atoms with Crippen LogP contribution in [0.2, 0.25) is 0 Å². The predicted octanol–water partition coefficient (Wildman–Crippen LogP) is 3.93. The zero-order valence-electron chi connectivity index (χ0n) is 12.9. The first kappa shape index (κ1) is 16.9. The molecule has 0 unspecified atom stereocenters. The summed E-state index contributed by atoms with van der Waals surface area (Å²) in [6, 6.07) is 12.7. The molecule has 5 nitrogen and oxygen atoms in total. The van der Waals surface area contributed by atoms with E-state index < -0.39 is 6.04 Å². The molecule has 0 saturated carbocycles. The van der Waals surface area contributed by atoms with Gasteiger partial charge in [-0.05, 0) is 49.4 Å². The zero-order chi connectivity index (χ0) is 17.1. The maximum Gasteiger partial charge on any atom is 0.246 e. The third-order valence-corrected chi connectivity index (χ3v) is 5.10. The van der Waals surface area contributed by atoms with Gasteiger partial charge in [-0.2, -0.15) is 0 Å². The molecular formula is C17H16BrN3O2S. The molecule has 24 heavy (non-hydrogen) atoms. The number of benzene rings is 2. The molecule has 0 aliphatic carbocycles. The first-order valence-corrected chi connectivity index (χ1v) is 9.19. The van der Waals surface area contributed by atoms with Crippen LogP contribution in [-0.4, -0.2) is 23.6 Å². The molecule has 3 rings (SSSR count). The van der Waals surface area contributed by atoms with Crippen LogP contribution in [0.1, 0.15) is 6.92 Å². The fraction of sp³-hybridized carbons (Fsp3) is 0.176. The predicted molar refractivity (Wildman–Crippen MR) is 102 cm³/mol. The molecule has 2 amide bonds. The van der Waals surface area contributed by atoms with Gasteiger partial charge in [-0.25, -0.2) is 0 Å². The molecule has 1 aliphatic heterocycles. The Labute approximate surface area is 152 Å². The number of halogens is 1. The summed E-state index contributed by atoms with van der Waals surface area (Å²) in [7, 11) is 0. The van der Waals surface area contributed by atoms with Gasteiger partial charge in [0.15, 0.2) is 0 Å². The van der Waals surface area contributed by atoms with Crippen molar-refractivity contribution in [2.75, 3.05) is 21.7 Å². The third-order valence-electron chi connectivity index (χ3n) is 3.50.